The van der Waals surface area contributed by atoms with Crippen LogP contribution in [0.4, 0.5) is 5.95 Å². The first-order valence-electron chi connectivity index (χ1n) is 8.73. The Kier molecular flexibility index (Phi) is 4.59. The molecule has 0 unspecified atom stereocenters. The molecule has 0 atom stereocenters. The van der Waals surface area contributed by atoms with Gasteiger partial charge < -0.3 is 9.72 Å². The lowest BCUT2D eigenvalue weighted by Crippen LogP contribution is -2.11. The fraction of sp³-hybridized carbons (Fsp3) is 0.100. The highest BCUT2D eigenvalue weighted by Crippen LogP contribution is 2.34. The van der Waals surface area contributed by atoms with Crippen LogP contribution in [0.25, 0.3) is 22.2 Å². The number of hydrogen-bond donors (Lipinski definition) is 2. The van der Waals surface area contributed by atoms with E-state index in [0.29, 0.717) is 27.9 Å². The van der Waals surface area contributed by atoms with E-state index < -0.39 is 10.0 Å². The van der Waals surface area contributed by atoms with Gasteiger partial charge in [-0.15, -0.1) is 0 Å². The van der Waals surface area contributed by atoms with Crippen molar-refractivity contribution >= 4 is 32.8 Å². The molecule has 0 radical (unpaired) electrons. The zero-order valence-corrected chi connectivity index (χ0v) is 16.5. The number of nitrogens with one attached hydrogen (secondary N) is 2. The van der Waals surface area contributed by atoms with Gasteiger partial charge in [-0.2, -0.15) is 0 Å². The number of aromatic nitrogens is 3. The molecule has 4 rings (SSSR count). The van der Waals surface area contributed by atoms with Crippen LogP contribution in [-0.2, 0) is 14.8 Å². The number of carbonyl (C=O) groups excluding carboxylic acids is 1. The van der Waals surface area contributed by atoms with Crippen LogP contribution < -0.4 is 10.1 Å². The second-order valence-corrected chi connectivity index (χ2v) is 8.18. The van der Waals surface area contributed by atoms with Crippen molar-refractivity contribution < 1.29 is 17.9 Å². The number of imidazole rings is 1. The van der Waals surface area contributed by atoms with Crippen LogP contribution >= 0.6 is 0 Å². The van der Waals surface area contributed by atoms with Gasteiger partial charge in [0.2, 0.25) is 11.9 Å². The van der Waals surface area contributed by atoms with E-state index in [1.54, 1.807) is 61.8 Å². The SMILES string of the molecule is COc1ccc2c(c1)c(-c1cnc(NC(C)=O)[nH]1)cn2S(=O)(=O)c1ccccc1. The van der Waals surface area contributed by atoms with Gasteiger partial charge in [0.1, 0.15) is 5.75 Å². The molecule has 0 aliphatic carbocycles. The van der Waals surface area contributed by atoms with E-state index >= 15 is 0 Å². The number of amides is 1. The number of benzene rings is 2. The largest absolute Gasteiger partial charge is 0.497 e. The fourth-order valence-corrected chi connectivity index (χ4v) is 4.50. The van der Waals surface area contributed by atoms with Crippen molar-refractivity contribution in [2.75, 3.05) is 12.4 Å². The number of nitrogens with zero attached hydrogens (tertiary/aromatic N) is 2. The molecule has 4 aromatic rings. The summed E-state index contributed by atoms with van der Waals surface area (Å²) < 4.78 is 33.0. The molecular formula is C20H18N4O4S. The molecule has 148 valence electrons. The Morgan fingerprint density at radius 1 is 1.17 bits per heavy atom. The molecule has 2 N–H and O–H groups in total. The minimum absolute atomic E-state index is 0.183. The van der Waals surface area contributed by atoms with Crippen molar-refractivity contribution in [3.63, 3.8) is 0 Å². The summed E-state index contributed by atoms with van der Waals surface area (Å²) in [7, 11) is -2.27. The molecule has 0 fully saturated rings. The van der Waals surface area contributed by atoms with Crippen molar-refractivity contribution in [1.29, 1.82) is 0 Å². The van der Waals surface area contributed by atoms with Crippen LogP contribution in [0.1, 0.15) is 6.92 Å². The molecule has 1 amide bonds. The van der Waals surface area contributed by atoms with E-state index in [4.69, 9.17) is 4.74 Å². The highest BCUT2D eigenvalue weighted by Gasteiger charge is 2.22. The number of fused-ring (bicyclic) bond motifs is 1. The van der Waals surface area contributed by atoms with E-state index in [2.05, 4.69) is 15.3 Å². The van der Waals surface area contributed by atoms with Crippen LogP contribution in [0.2, 0.25) is 0 Å². The lowest BCUT2D eigenvalue weighted by atomic mass is 10.1. The van der Waals surface area contributed by atoms with Crippen molar-refractivity contribution in [2.45, 2.75) is 11.8 Å². The predicted octanol–water partition coefficient (Wildman–Crippen LogP) is 3.24. The number of H-pyrrole nitrogens is 1. The second kappa shape index (κ2) is 7.10. The topological polar surface area (TPSA) is 106 Å². The van der Waals surface area contributed by atoms with Crippen molar-refractivity contribution in [3.8, 4) is 17.0 Å². The number of carbonyl (C=O) groups is 1. The minimum Gasteiger partial charge on any atom is -0.497 e. The van der Waals surface area contributed by atoms with Crippen LogP contribution in [0.3, 0.4) is 0 Å². The number of rotatable bonds is 5. The highest BCUT2D eigenvalue weighted by molar-refractivity contribution is 7.90. The Bertz CT molecular complexity index is 1310. The summed E-state index contributed by atoms with van der Waals surface area (Å²) in [6, 6.07) is 13.4. The summed E-state index contributed by atoms with van der Waals surface area (Å²) in [5, 5.41) is 3.24. The first-order valence-corrected chi connectivity index (χ1v) is 10.2. The fourth-order valence-electron chi connectivity index (χ4n) is 3.11. The quantitative estimate of drug-likeness (QED) is 0.525. The van der Waals surface area contributed by atoms with Gasteiger partial charge in [0.05, 0.1) is 29.4 Å². The molecule has 2 heterocycles. The Hall–Kier alpha value is -3.59. The van der Waals surface area contributed by atoms with Gasteiger partial charge >= 0.3 is 0 Å². The third-order valence-corrected chi connectivity index (χ3v) is 6.13. The number of aromatic amines is 1. The Balaban J connectivity index is 1.94. The molecule has 0 aliphatic rings. The van der Waals surface area contributed by atoms with Crippen molar-refractivity contribution in [1.82, 2.24) is 13.9 Å². The van der Waals surface area contributed by atoms with Gasteiger partial charge in [0, 0.05) is 24.1 Å². The third-order valence-electron chi connectivity index (χ3n) is 4.44. The van der Waals surface area contributed by atoms with Gasteiger partial charge in [0.15, 0.2) is 0 Å². The number of ether oxygens (including phenoxy) is 1. The predicted molar refractivity (Wildman–Crippen MR) is 109 cm³/mol. The molecule has 0 bridgehead atoms. The molecule has 0 saturated carbocycles. The lowest BCUT2D eigenvalue weighted by Gasteiger charge is -2.07. The summed E-state index contributed by atoms with van der Waals surface area (Å²) in [5.74, 6) is 0.610. The molecule has 0 spiro atoms. The van der Waals surface area contributed by atoms with Crippen molar-refractivity contribution in [2.24, 2.45) is 0 Å². The molecular weight excluding hydrogens is 392 g/mol. The average Bonchev–Trinajstić information content (AvgIpc) is 3.32. The highest BCUT2D eigenvalue weighted by atomic mass is 32.2. The number of anilines is 1. The first kappa shape index (κ1) is 18.8. The number of hydrogen-bond acceptors (Lipinski definition) is 5. The summed E-state index contributed by atoms with van der Waals surface area (Å²) in [6.45, 7) is 1.38. The van der Waals surface area contributed by atoms with Gasteiger partial charge in [-0.3, -0.25) is 10.1 Å². The maximum absolute atomic E-state index is 13.2. The smallest absolute Gasteiger partial charge is 0.268 e. The van der Waals surface area contributed by atoms with Gasteiger partial charge in [-0.25, -0.2) is 17.4 Å². The molecule has 29 heavy (non-hydrogen) atoms. The van der Waals surface area contributed by atoms with Crippen molar-refractivity contribution in [3.05, 3.63) is 60.9 Å². The summed E-state index contributed by atoms with van der Waals surface area (Å²) in [4.78, 5) is 18.6. The normalized spacial score (nSPS) is 11.5. The van der Waals surface area contributed by atoms with Crippen LogP contribution in [0.5, 0.6) is 5.75 Å². The first-order chi connectivity index (χ1) is 13.9. The molecule has 0 saturated heterocycles. The summed E-state index contributed by atoms with van der Waals surface area (Å²) in [6.07, 6.45) is 3.08. The average molecular weight is 410 g/mol. The van der Waals surface area contributed by atoms with Crippen LogP contribution in [0, 0.1) is 0 Å². The Morgan fingerprint density at radius 2 is 1.93 bits per heavy atom. The molecule has 2 aromatic carbocycles. The summed E-state index contributed by atoms with van der Waals surface area (Å²) >= 11 is 0. The third kappa shape index (κ3) is 3.36. The molecule has 8 nitrogen and oxygen atoms in total. The minimum atomic E-state index is -3.81. The monoisotopic (exact) mass is 410 g/mol. The lowest BCUT2D eigenvalue weighted by molar-refractivity contribution is -0.114. The molecule has 2 aromatic heterocycles. The second-order valence-electron chi connectivity index (χ2n) is 6.37. The molecule has 0 aliphatic heterocycles. The zero-order chi connectivity index (χ0) is 20.6. The Labute approximate surface area is 167 Å². The maximum atomic E-state index is 13.2. The summed E-state index contributed by atoms with van der Waals surface area (Å²) in [5.41, 5.74) is 1.68. The van der Waals surface area contributed by atoms with Gasteiger partial charge in [0.25, 0.3) is 10.0 Å². The van der Waals surface area contributed by atoms with E-state index in [1.807, 2.05) is 0 Å². The van der Waals surface area contributed by atoms with Crippen LogP contribution in [0.15, 0.2) is 65.8 Å². The number of methoxy groups -OCH3 is 1. The van der Waals surface area contributed by atoms with Gasteiger partial charge in [-0.05, 0) is 30.3 Å². The Morgan fingerprint density at radius 3 is 2.62 bits per heavy atom. The maximum Gasteiger partial charge on any atom is 0.268 e. The van der Waals surface area contributed by atoms with E-state index in [-0.39, 0.29) is 16.8 Å². The van der Waals surface area contributed by atoms with E-state index in [9.17, 15) is 13.2 Å². The standard InChI is InChI=1S/C20H18N4O4S/c1-13(25)22-20-21-11-18(23-20)17-12-24(19-9-8-14(28-2)10-16(17)19)29(26,27)15-6-4-3-5-7-15/h3-12H,1-2H3,(H2,21,22,23,25). The van der Waals surface area contributed by atoms with Crippen LogP contribution in [-0.4, -0.2) is 35.4 Å². The van der Waals surface area contributed by atoms with E-state index in [0.717, 1.165) is 0 Å². The van der Waals surface area contributed by atoms with Gasteiger partial charge in [-0.1, -0.05) is 18.2 Å². The van der Waals surface area contributed by atoms with E-state index in [1.165, 1.54) is 17.1 Å². The zero-order valence-electron chi connectivity index (χ0n) is 15.7. The molecule has 9 heteroatoms.